The number of hydrogen-bond acceptors (Lipinski definition) is 4. The van der Waals surface area contributed by atoms with Crippen molar-refractivity contribution in [2.75, 3.05) is 4.90 Å². The molecule has 2 amide bonds. The van der Waals surface area contributed by atoms with Crippen molar-refractivity contribution in [3.63, 3.8) is 0 Å². The van der Waals surface area contributed by atoms with Crippen LogP contribution >= 0.6 is 46.4 Å². The number of amides is 2. The molecule has 3 aromatic carbocycles. The second-order valence-corrected chi connectivity index (χ2v) is 23.4. The molecule has 0 aliphatic carbocycles. The Balaban J connectivity index is 1.45. The molecule has 7 nitrogen and oxygen atoms in total. The molecule has 0 fully saturated rings. The van der Waals surface area contributed by atoms with E-state index in [1.54, 1.807) is 0 Å². The zero-order chi connectivity index (χ0) is 48.4. The molecule has 342 valence electrons. The number of H-pyrrole nitrogens is 2. The van der Waals surface area contributed by atoms with Crippen molar-refractivity contribution in [2.45, 2.75) is 105 Å². The topological polar surface area (TPSA) is 94.7 Å². The van der Waals surface area contributed by atoms with Gasteiger partial charge in [-0.15, -0.1) is 0 Å². The Morgan fingerprint density at radius 2 is 0.836 bits per heavy atom. The number of imide groups is 1. The average Bonchev–Trinajstić information content (AvgIpc) is 4.10. The zero-order valence-corrected chi connectivity index (χ0v) is 42.9. The van der Waals surface area contributed by atoms with Gasteiger partial charge in [-0.25, -0.2) is 14.9 Å². The van der Waals surface area contributed by atoms with Crippen LogP contribution in [0.15, 0.2) is 66.7 Å². The molecule has 11 heteroatoms. The van der Waals surface area contributed by atoms with E-state index in [1.165, 1.54) is 22.3 Å². The quantitative estimate of drug-likeness (QED) is 0.105. The molecule has 0 saturated heterocycles. The molecule has 3 aliphatic rings. The largest absolute Gasteiger partial charge is 0.355 e. The summed E-state index contributed by atoms with van der Waals surface area (Å²) >= 11 is 26.6. The number of aromatic nitrogens is 4. The Bertz CT molecular complexity index is 3190. The van der Waals surface area contributed by atoms with Gasteiger partial charge in [0.25, 0.3) is 11.8 Å². The predicted octanol–water partition coefficient (Wildman–Crippen LogP) is 16.6. The first-order chi connectivity index (χ1) is 31.2. The van der Waals surface area contributed by atoms with Crippen LogP contribution in [0.3, 0.4) is 0 Å². The number of hydrogen-bond donors (Lipinski definition) is 2. The highest BCUT2D eigenvalue weighted by Crippen LogP contribution is 2.48. The zero-order valence-electron chi connectivity index (χ0n) is 39.8. The first-order valence-electron chi connectivity index (χ1n) is 22.4. The summed E-state index contributed by atoms with van der Waals surface area (Å²) in [5, 5.41) is -0.546. The molecule has 6 aromatic rings. The fourth-order valence-corrected chi connectivity index (χ4v) is 9.81. The smallest absolute Gasteiger partial charge is 0.267 e. The number of carbonyl (C=O) groups is 2. The van der Waals surface area contributed by atoms with Gasteiger partial charge in [-0.05, 0) is 110 Å². The molecule has 0 radical (unpaired) electrons. The van der Waals surface area contributed by atoms with Gasteiger partial charge in [0, 0.05) is 27.7 Å². The lowest BCUT2D eigenvalue weighted by Gasteiger charge is -2.26. The summed E-state index contributed by atoms with van der Waals surface area (Å²) in [4.78, 5) is 48.8. The van der Waals surface area contributed by atoms with E-state index in [2.05, 4.69) is 142 Å². The van der Waals surface area contributed by atoms with Crippen molar-refractivity contribution < 1.29 is 9.59 Å². The molecular weight excluding hydrogens is 916 g/mol. The lowest BCUT2D eigenvalue weighted by molar-refractivity contribution is 0.0926. The van der Waals surface area contributed by atoms with Gasteiger partial charge in [-0.3, -0.25) is 9.59 Å². The Morgan fingerprint density at radius 1 is 0.433 bits per heavy atom. The van der Waals surface area contributed by atoms with Crippen LogP contribution in [-0.4, -0.2) is 31.8 Å². The minimum atomic E-state index is -0.712. The SMILES string of the molecule is CC(C)(C)c1cc(-c2c3nc(c(N4C(=O)c5c(Cl)c(Cl)c(Cl)c(Cl)c5C4=O)c4ccc([nH]4)c(-c4cc(C(C)(C)C)cc(C(C)(C)C)c4)c4nc(cc5ccc2[nH]5)C=C4)C=C3)cc(C(C)(C)C)c1. The number of nitrogens with zero attached hydrogens (tertiary/aromatic N) is 3. The van der Waals surface area contributed by atoms with E-state index in [-0.39, 0.29) is 58.6 Å². The normalized spacial score (nSPS) is 14.2. The second-order valence-electron chi connectivity index (χ2n) is 21.9. The Labute approximate surface area is 412 Å². The predicted molar refractivity (Wildman–Crippen MR) is 282 cm³/mol. The summed E-state index contributed by atoms with van der Waals surface area (Å²) in [6.07, 6.45) is 7.82. The van der Waals surface area contributed by atoms with E-state index >= 15 is 0 Å². The van der Waals surface area contributed by atoms with Crippen molar-refractivity contribution in [2.24, 2.45) is 0 Å². The van der Waals surface area contributed by atoms with Crippen molar-refractivity contribution in [1.82, 2.24) is 19.9 Å². The molecular formula is C56H53Cl4N5O2. The Kier molecular flexibility index (Phi) is 11.2. The number of benzene rings is 3. The van der Waals surface area contributed by atoms with Gasteiger partial charge in [-0.1, -0.05) is 166 Å². The molecule has 0 atom stereocenters. The molecule has 0 unspecified atom stereocenters. The second kappa shape index (κ2) is 16.1. The van der Waals surface area contributed by atoms with Gasteiger partial charge in [0.15, 0.2) is 0 Å². The van der Waals surface area contributed by atoms with Crippen LogP contribution in [0, 0.1) is 0 Å². The van der Waals surface area contributed by atoms with E-state index in [1.807, 2.05) is 42.5 Å². The average molecular weight is 970 g/mol. The molecule has 8 bridgehead atoms. The number of carbonyl (C=O) groups excluding carboxylic acids is 2. The van der Waals surface area contributed by atoms with Gasteiger partial charge in [0.2, 0.25) is 0 Å². The van der Waals surface area contributed by atoms with Crippen LogP contribution in [0.5, 0.6) is 0 Å². The van der Waals surface area contributed by atoms with Crippen LogP contribution in [0.2, 0.25) is 20.1 Å². The van der Waals surface area contributed by atoms with E-state index in [4.69, 9.17) is 56.4 Å². The van der Waals surface area contributed by atoms with Crippen molar-refractivity contribution in [1.29, 1.82) is 0 Å². The standard InChI is InChI=1S/C56H53Cl4N5O2/c1-53(2,3)30-21-28(22-31(25-30)54(4,5)6)42-36-15-13-34(61-36)27-35-14-16-37(62-35)43(29-23-32(55(7,8)9)26-33(24-29)56(10,11)12)39-18-20-41(64-39)50(40-19-17-38(42)63-40)65-51(66)44-45(52(65)67)47(58)49(60)48(59)46(44)57/h13-27,61,64H,1-12H3. The molecule has 2 N–H and O–H groups in total. The fraction of sp³-hybridized carbons (Fsp3) is 0.286. The van der Waals surface area contributed by atoms with Gasteiger partial charge >= 0.3 is 0 Å². The molecule has 3 aromatic heterocycles. The van der Waals surface area contributed by atoms with Crippen LogP contribution in [0.25, 0.3) is 68.6 Å². The lowest BCUT2D eigenvalue weighted by Crippen LogP contribution is -2.30. The number of anilines is 1. The van der Waals surface area contributed by atoms with Crippen LogP contribution in [-0.2, 0) is 21.7 Å². The number of rotatable bonds is 3. The van der Waals surface area contributed by atoms with Crippen LogP contribution in [0.1, 0.15) is 149 Å². The van der Waals surface area contributed by atoms with Crippen LogP contribution in [0.4, 0.5) is 5.69 Å². The lowest BCUT2D eigenvalue weighted by atomic mass is 9.78. The van der Waals surface area contributed by atoms with Crippen molar-refractivity contribution in [3.8, 4) is 22.3 Å². The Morgan fingerprint density at radius 3 is 1.31 bits per heavy atom. The van der Waals surface area contributed by atoms with Gasteiger partial charge < -0.3 is 9.97 Å². The third kappa shape index (κ3) is 8.26. The van der Waals surface area contributed by atoms with Crippen molar-refractivity contribution >= 4 is 110 Å². The maximum Gasteiger partial charge on any atom is 0.267 e. The first-order valence-corrected chi connectivity index (χ1v) is 23.9. The number of halogens is 4. The minimum absolute atomic E-state index is 0.115. The highest BCUT2D eigenvalue weighted by atomic mass is 35.5. The van der Waals surface area contributed by atoms with Crippen LogP contribution < -0.4 is 4.90 Å². The van der Waals surface area contributed by atoms with E-state index < -0.39 is 11.8 Å². The maximum absolute atomic E-state index is 14.9. The summed E-state index contributed by atoms with van der Waals surface area (Å²) < 4.78 is 0. The fourth-order valence-electron chi connectivity index (χ4n) is 8.80. The van der Waals surface area contributed by atoms with Gasteiger partial charge in [0.1, 0.15) is 5.69 Å². The maximum atomic E-state index is 14.9. The summed E-state index contributed by atoms with van der Waals surface area (Å²) in [7, 11) is 0. The third-order valence-corrected chi connectivity index (χ3v) is 14.6. The number of aromatic amines is 2. The number of nitrogens with one attached hydrogen (secondary N) is 2. The Hall–Kier alpha value is -5.44. The molecule has 9 rings (SSSR count). The molecule has 0 saturated carbocycles. The molecule has 6 heterocycles. The van der Waals surface area contributed by atoms with E-state index in [0.29, 0.717) is 22.4 Å². The highest BCUT2D eigenvalue weighted by molar-refractivity contribution is 6.56. The minimum Gasteiger partial charge on any atom is -0.355 e. The summed E-state index contributed by atoms with van der Waals surface area (Å²) in [5.41, 5.74) is 12.9. The highest BCUT2D eigenvalue weighted by Gasteiger charge is 2.44. The third-order valence-electron chi connectivity index (χ3n) is 12.8. The molecule has 67 heavy (non-hydrogen) atoms. The summed E-state index contributed by atoms with van der Waals surface area (Å²) in [6.45, 7) is 26.6. The summed E-state index contributed by atoms with van der Waals surface area (Å²) in [6, 6.07) is 23.5. The van der Waals surface area contributed by atoms with Gasteiger partial charge in [0.05, 0.1) is 59.5 Å². The summed E-state index contributed by atoms with van der Waals surface area (Å²) in [5.74, 6) is -1.42. The monoisotopic (exact) mass is 967 g/mol. The van der Waals surface area contributed by atoms with Gasteiger partial charge in [-0.2, -0.15) is 0 Å². The molecule has 3 aliphatic heterocycles. The van der Waals surface area contributed by atoms with Crippen molar-refractivity contribution in [3.05, 3.63) is 143 Å². The first kappa shape index (κ1) is 46.7. The molecule has 0 spiro atoms. The number of fused-ring (bicyclic) bond motifs is 9. The van der Waals surface area contributed by atoms with E-state index in [0.717, 1.165) is 49.6 Å². The van der Waals surface area contributed by atoms with E-state index in [9.17, 15) is 9.59 Å².